The lowest BCUT2D eigenvalue weighted by atomic mass is 10.2. The van der Waals surface area contributed by atoms with Crippen molar-refractivity contribution >= 4 is 27.6 Å². The molecule has 0 aromatic heterocycles. The van der Waals surface area contributed by atoms with Gasteiger partial charge in [-0.2, -0.15) is 0 Å². The minimum atomic E-state index is -0.343. The van der Waals surface area contributed by atoms with Crippen molar-refractivity contribution in [2.75, 3.05) is 11.9 Å². The van der Waals surface area contributed by atoms with Crippen LogP contribution in [0.15, 0.2) is 46.9 Å². The van der Waals surface area contributed by atoms with Gasteiger partial charge in [-0.3, -0.25) is 0 Å². The number of ether oxygens (including phenoxy) is 1. The summed E-state index contributed by atoms with van der Waals surface area (Å²) in [6.45, 7) is 2.64. The van der Waals surface area contributed by atoms with Gasteiger partial charge in [0.15, 0.2) is 0 Å². The second kappa shape index (κ2) is 7.22. The molecule has 2 rings (SSSR count). The van der Waals surface area contributed by atoms with Crippen LogP contribution in [0.2, 0.25) is 0 Å². The number of hydrogen-bond donors (Lipinski definition) is 1. The molecule has 3 nitrogen and oxygen atoms in total. The van der Waals surface area contributed by atoms with Crippen LogP contribution in [0, 0.1) is 5.82 Å². The predicted octanol–water partition coefficient (Wildman–Crippen LogP) is 4.38. The molecule has 0 radical (unpaired) electrons. The van der Waals surface area contributed by atoms with E-state index in [0.29, 0.717) is 23.2 Å². The number of hydrogen-bond acceptors (Lipinski definition) is 3. The summed E-state index contributed by atoms with van der Waals surface area (Å²) < 4.78 is 18.7. The van der Waals surface area contributed by atoms with Crippen LogP contribution in [0.3, 0.4) is 0 Å². The highest BCUT2D eigenvalue weighted by atomic mass is 79.9. The van der Waals surface area contributed by atoms with Crippen LogP contribution < -0.4 is 5.32 Å². The number of benzene rings is 2. The van der Waals surface area contributed by atoms with Crippen LogP contribution in [0.5, 0.6) is 0 Å². The van der Waals surface area contributed by atoms with Gasteiger partial charge in [-0.25, -0.2) is 9.18 Å². The number of carbonyl (C=O) groups excluding carboxylic acids is 1. The second-order valence-electron chi connectivity index (χ2n) is 4.39. The molecule has 1 N–H and O–H groups in total. The lowest BCUT2D eigenvalue weighted by Crippen LogP contribution is -2.06. The average molecular weight is 352 g/mol. The van der Waals surface area contributed by atoms with E-state index in [2.05, 4.69) is 21.2 Å². The standard InChI is InChI=1S/C16H15BrFNO2/c1-2-21-16(20)11-4-3-5-14(8-11)19-10-12-6-7-13(18)9-15(12)17/h3-9,19H,2,10H2,1H3. The van der Waals surface area contributed by atoms with Crippen LogP contribution in [-0.2, 0) is 11.3 Å². The van der Waals surface area contributed by atoms with Crippen molar-refractivity contribution in [2.24, 2.45) is 0 Å². The van der Waals surface area contributed by atoms with Crippen molar-refractivity contribution in [1.82, 2.24) is 0 Å². The van der Waals surface area contributed by atoms with Gasteiger partial charge in [-0.05, 0) is 42.8 Å². The maximum absolute atomic E-state index is 13.0. The fraction of sp³-hybridized carbons (Fsp3) is 0.188. The summed E-state index contributed by atoms with van der Waals surface area (Å²) in [5.74, 6) is -0.626. The van der Waals surface area contributed by atoms with Gasteiger partial charge in [0.2, 0.25) is 0 Å². The molecule has 0 aliphatic carbocycles. The first-order chi connectivity index (χ1) is 10.1. The van der Waals surface area contributed by atoms with E-state index in [0.717, 1.165) is 11.3 Å². The molecule has 0 fully saturated rings. The van der Waals surface area contributed by atoms with Gasteiger partial charge in [0.1, 0.15) is 5.82 Å². The molecule has 21 heavy (non-hydrogen) atoms. The molecule has 0 unspecified atom stereocenters. The minimum Gasteiger partial charge on any atom is -0.462 e. The molecule has 0 atom stereocenters. The molecule has 0 spiro atoms. The fourth-order valence-electron chi connectivity index (χ4n) is 1.83. The molecule has 0 aliphatic heterocycles. The van der Waals surface area contributed by atoms with Crippen molar-refractivity contribution in [3.63, 3.8) is 0 Å². The van der Waals surface area contributed by atoms with Gasteiger partial charge in [0.25, 0.3) is 0 Å². The Morgan fingerprint density at radius 3 is 2.81 bits per heavy atom. The zero-order chi connectivity index (χ0) is 15.2. The Kier molecular flexibility index (Phi) is 5.33. The molecule has 0 heterocycles. The zero-order valence-corrected chi connectivity index (χ0v) is 13.1. The maximum atomic E-state index is 13.0. The van der Waals surface area contributed by atoms with Gasteiger partial charge in [-0.1, -0.05) is 28.1 Å². The molecule has 2 aromatic carbocycles. The van der Waals surface area contributed by atoms with E-state index in [9.17, 15) is 9.18 Å². The lowest BCUT2D eigenvalue weighted by molar-refractivity contribution is 0.0526. The minimum absolute atomic E-state index is 0.282. The van der Waals surface area contributed by atoms with E-state index in [1.54, 1.807) is 31.2 Å². The average Bonchev–Trinajstić information content (AvgIpc) is 2.47. The summed E-state index contributed by atoms with van der Waals surface area (Å²) in [5, 5.41) is 3.20. The Morgan fingerprint density at radius 2 is 2.10 bits per heavy atom. The van der Waals surface area contributed by atoms with Crippen molar-refractivity contribution in [2.45, 2.75) is 13.5 Å². The zero-order valence-electron chi connectivity index (χ0n) is 11.5. The third-order valence-corrected chi connectivity index (χ3v) is 3.61. The van der Waals surface area contributed by atoms with E-state index >= 15 is 0 Å². The Labute approximate surface area is 131 Å². The summed E-state index contributed by atoms with van der Waals surface area (Å²) >= 11 is 3.32. The quantitative estimate of drug-likeness (QED) is 0.812. The SMILES string of the molecule is CCOC(=O)c1cccc(NCc2ccc(F)cc2Br)c1. The molecular weight excluding hydrogens is 337 g/mol. The van der Waals surface area contributed by atoms with Gasteiger partial charge in [0, 0.05) is 16.7 Å². The monoisotopic (exact) mass is 351 g/mol. The predicted molar refractivity (Wildman–Crippen MR) is 83.8 cm³/mol. The van der Waals surface area contributed by atoms with Crippen molar-refractivity contribution in [1.29, 1.82) is 0 Å². The summed E-state index contributed by atoms with van der Waals surface area (Å²) in [7, 11) is 0. The van der Waals surface area contributed by atoms with Gasteiger partial charge < -0.3 is 10.1 Å². The van der Waals surface area contributed by atoms with E-state index < -0.39 is 0 Å². The first-order valence-electron chi connectivity index (χ1n) is 6.55. The highest BCUT2D eigenvalue weighted by molar-refractivity contribution is 9.10. The number of rotatable bonds is 5. The lowest BCUT2D eigenvalue weighted by Gasteiger charge is -2.09. The highest BCUT2D eigenvalue weighted by Crippen LogP contribution is 2.20. The number of esters is 1. The highest BCUT2D eigenvalue weighted by Gasteiger charge is 2.07. The van der Waals surface area contributed by atoms with Gasteiger partial charge >= 0.3 is 5.97 Å². The van der Waals surface area contributed by atoms with Crippen molar-refractivity contribution < 1.29 is 13.9 Å². The number of anilines is 1. The van der Waals surface area contributed by atoms with Crippen LogP contribution in [-0.4, -0.2) is 12.6 Å². The molecule has 2 aromatic rings. The van der Waals surface area contributed by atoms with Gasteiger partial charge in [-0.15, -0.1) is 0 Å². The molecule has 0 aliphatic rings. The molecule has 5 heteroatoms. The summed E-state index contributed by atoms with van der Waals surface area (Å²) in [6.07, 6.45) is 0. The number of halogens is 2. The van der Waals surface area contributed by atoms with Crippen LogP contribution in [0.25, 0.3) is 0 Å². The smallest absolute Gasteiger partial charge is 0.338 e. The van der Waals surface area contributed by atoms with E-state index in [4.69, 9.17) is 4.74 Å². The molecule has 0 bridgehead atoms. The Morgan fingerprint density at radius 1 is 1.29 bits per heavy atom. The summed E-state index contributed by atoms with van der Waals surface area (Å²) in [6, 6.07) is 11.6. The van der Waals surface area contributed by atoms with Crippen LogP contribution in [0.1, 0.15) is 22.8 Å². The Hall–Kier alpha value is -1.88. The molecular formula is C16H15BrFNO2. The van der Waals surface area contributed by atoms with E-state index in [1.165, 1.54) is 12.1 Å². The van der Waals surface area contributed by atoms with Crippen LogP contribution >= 0.6 is 15.9 Å². The van der Waals surface area contributed by atoms with Crippen molar-refractivity contribution in [3.05, 3.63) is 63.9 Å². The fourth-order valence-corrected chi connectivity index (χ4v) is 2.32. The Balaban J connectivity index is 2.06. The molecule has 0 saturated heterocycles. The van der Waals surface area contributed by atoms with Crippen LogP contribution in [0.4, 0.5) is 10.1 Å². The summed E-state index contributed by atoms with van der Waals surface area (Å²) in [4.78, 5) is 11.7. The maximum Gasteiger partial charge on any atom is 0.338 e. The second-order valence-corrected chi connectivity index (χ2v) is 5.24. The van der Waals surface area contributed by atoms with E-state index in [-0.39, 0.29) is 11.8 Å². The van der Waals surface area contributed by atoms with Gasteiger partial charge in [0.05, 0.1) is 12.2 Å². The first-order valence-corrected chi connectivity index (χ1v) is 7.34. The first kappa shape index (κ1) is 15.5. The molecule has 0 amide bonds. The van der Waals surface area contributed by atoms with E-state index in [1.807, 2.05) is 6.07 Å². The third kappa shape index (κ3) is 4.29. The number of nitrogens with one attached hydrogen (secondary N) is 1. The van der Waals surface area contributed by atoms with Crippen molar-refractivity contribution in [3.8, 4) is 0 Å². The summed E-state index contributed by atoms with van der Waals surface area (Å²) in [5.41, 5.74) is 2.23. The molecule has 0 saturated carbocycles. The largest absolute Gasteiger partial charge is 0.462 e. The Bertz CT molecular complexity index is 646. The normalized spacial score (nSPS) is 10.2. The molecule has 110 valence electrons. The number of carbonyl (C=O) groups is 1. The topological polar surface area (TPSA) is 38.3 Å². The third-order valence-electron chi connectivity index (χ3n) is 2.87.